The highest BCUT2D eigenvalue weighted by atomic mass is 16.3. The minimum absolute atomic E-state index is 0.0102. The number of benzene rings is 1. The van der Waals surface area contributed by atoms with Crippen LogP contribution in [0.25, 0.3) is 0 Å². The van der Waals surface area contributed by atoms with Gasteiger partial charge in [-0.3, -0.25) is 14.6 Å². The molecule has 170 valence electrons. The highest BCUT2D eigenvalue weighted by Crippen LogP contribution is 2.43. The maximum atomic E-state index is 12.9. The molecule has 1 aliphatic carbocycles. The molecule has 2 saturated heterocycles. The van der Waals surface area contributed by atoms with Gasteiger partial charge in [0.2, 0.25) is 5.91 Å². The first-order valence-corrected chi connectivity index (χ1v) is 11.9. The molecular weight excluding hydrogens is 414 g/mol. The minimum atomic E-state index is -0.252. The fraction of sp³-hybridized carbons (Fsp3) is 0.444. The zero-order chi connectivity index (χ0) is 22.8. The van der Waals surface area contributed by atoms with E-state index in [4.69, 9.17) is 0 Å². The Morgan fingerprint density at radius 3 is 2.64 bits per heavy atom. The maximum Gasteiger partial charge on any atom is 0.255 e. The van der Waals surface area contributed by atoms with Crippen molar-refractivity contribution in [2.45, 2.75) is 50.1 Å². The Bertz CT molecular complexity index is 1070. The van der Waals surface area contributed by atoms with E-state index in [9.17, 15) is 14.7 Å². The summed E-state index contributed by atoms with van der Waals surface area (Å²) in [6, 6.07) is 11.2. The van der Waals surface area contributed by atoms with Crippen molar-refractivity contribution in [2.24, 2.45) is 5.92 Å². The lowest BCUT2D eigenvalue weighted by atomic mass is 9.73. The second-order valence-electron chi connectivity index (χ2n) is 9.35. The molecule has 2 aromatic rings. The predicted octanol–water partition coefficient (Wildman–Crippen LogP) is 2.82. The molecule has 2 aliphatic heterocycles. The Morgan fingerprint density at radius 2 is 1.94 bits per heavy atom. The van der Waals surface area contributed by atoms with E-state index in [2.05, 4.69) is 29.0 Å². The van der Waals surface area contributed by atoms with E-state index in [-0.39, 0.29) is 43.0 Å². The van der Waals surface area contributed by atoms with Gasteiger partial charge in [0.1, 0.15) is 6.54 Å². The van der Waals surface area contributed by atoms with E-state index in [0.717, 1.165) is 23.5 Å². The number of hydrogen-bond acceptors (Lipinski definition) is 4. The lowest BCUT2D eigenvalue weighted by Crippen LogP contribution is -2.73. The third-order valence-corrected chi connectivity index (χ3v) is 7.34. The molecule has 6 nitrogen and oxygen atoms in total. The molecule has 2 amide bonds. The molecule has 1 aromatic heterocycles. The Hall–Kier alpha value is -3.17. The summed E-state index contributed by atoms with van der Waals surface area (Å²) < 4.78 is 0. The van der Waals surface area contributed by atoms with Gasteiger partial charge < -0.3 is 14.9 Å². The van der Waals surface area contributed by atoms with Crippen LogP contribution < -0.4 is 0 Å². The highest BCUT2D eigenvalue weighted by molar-refractivity contribution is 5.97. The number of amides is 2. The van der Waals surface area contributed by atoms with Gasteiger partial charge in [-0.2, -0.15) is 0 Å². The maximum absolute atomic E-state index is 12.9. The molecule has 5 rings (SSSR count). The van der Waals surface area contributed by atoms with Crippen LogP contribution in [0.4, 0.5) is 0 Å². The summed E-state index contributed by atoms with van der Waals surface area (Å²) in [7, 11) is 0. The van der Waals surface area contributed by atoms with Crippen LogP contribution >= 0.6 is 0 Å². The third kappa shape index (κ3) is 4.26. The topological polar surface area (TPSA) is 73.7 Å². The molecule has 0 bridgehead atoms. The summed E-state index contributed by atoms with van der Waals surface area (Å²) in [6.45, 7) is 0.388. The Morgan fingerprint density at radius 1 is 1.15 bits per heavy atom. The van der Waals surface area contributed by atoms with Crippen molar-refractivity contribution in [3.63, 3.8) is 0 Å². The zero-order valence-electron chi connectivity index (χ0n) is 18.7. The number of rotatable bonds is 4. The fourth-order valence-corrected chi connectivity index (χ4v) is 5.63. The lowest BCUT2D eigenvalue weighted by molar-refractivity contribution is -0.159. The Kier molecular flexibility index (Phi) is 6.15. The van der Waals surface area contributed by atoms with Gasteiger partial charge in [0.15, 0.2) is 0 Å². The third-order valence-electron chi connectivity index (χ3n) is 7.34. The van der Waals surface area contributed by atoms with E-state index in [1.807, 2.05) is 12.1 Å². The van der Waals surface area contributed by atoms with Crippen LogP contribution in [-0.4, -0.2) is 63.5 Å². The van der Waals surface area contributed by atoms with Crippen LogP contribution in [0.2, 0.25) is 0 Å². The highest BCUT2D eigenvalue weighted by Gasteiger charge is 2.54. The molecule has 1 aromatic carbocycles. The summed E-state index contributed by atoms with van der Waals surface area (Å²) in [6.07, 6.45) is 9.39. The molecule has 3 atom stereocenters. The molecule has 0 spiro atoms. The monoisotopic (exact) mass is 443 g/mol. The second kappa shape index (κ2) is 9.36. The minimum Gasteiger partial charge on any atom is -0.394 e. The average Bonchev–Trinajstić information content (AvgIpc) is 3.35. The van der Waals surface area contributed by atoms with E-state index in [1.165, 1.54) is 31.9 Å². The number of aliphatic hydroxyl groups is 1. The molecule has 3 aliphatic rings. The summed E-state index contributed by atoms with van der Waals surface area (Å²) in [5.74, 6) is 7.05. The van der Waals surface area contributed by atoms with Crippen molar-refractivity contribution in [1.29, 1.82) is 0 Å². The molecule has 1 N–H and O–H groups in total. The van der Waals surface area contributed by atoms with Gasteiger partial charge in [-0.25, -0.2) is 0 Å². The first-order valence-electron chi connectivity index (χ1n) is 11.9. The van der Waals surface area contributed by atoms with Gasteiger partial charge >= 0.3 is 0 Å². The van der Waals surface area contributed by atoms with Gasteiger partial charge in [-0.1, -0.05) is 36.8 Å². The molecule has 0 unspecified atom stereocenters. The molecule has 0 radical (unpaired) electrons. The number of aromatic nitrogens is 1. The van der Waals surface area contributed by atoms with Crippen molar-refractivity contribution in [1.82, 2.24) is 14.8 Å². The van der Waals surface area contributed by atoms with Crippen LogP contribution in [0.1, 0.15) is 59.5 Å². The van der Waals surface area contributed by atoms with Crippen molar-refractivity contribution in [3.05, 3.63) is 65.5 Å². The van der Waals surface area contributed by atoms with E-state index >= 15 is 0 Å². The normalized spacial score (nSPS) is 24.6. The molecule has 3 heterocycles. The summed E-state index contributed by atoms with van der Waals surface area (Å²) in [4.78, 5) is 33.1. The largest absolute Gasteiger partial charge is 0.394 e. The molecule has 3 fully saturated rings. The number of carbonyl (C=O) groups excluding carboxylic acids is 2. The average molecular weight is 444 g/mol. The van der Waals surface area contributed by atoms with E-state index in [1.54, 1.807) is 28.1 Å². The zero-order valence-corrected chi connectivity index (χ0v) is 18.7. The van der Waals surface area contributed by atoms with Crippen LogP contribution in [0.15, 0.2) is 48.8 Å². The first-order chi connectivity index (χ1) is 16.2. The summed E-state index contributed by atoms with van der Waals surface area (Å²) in [5, 5.41) is 10.00. The Balaban J connectivity index is 1.30. The number of hydrogen-bond donors (Lipinski definition) is 1. The standard InChI is InChI=1S/C27H29N3O3/c31-18-24-26(21-12-10-20(11-13-21)8-3-7-19-5-1-2-6-19)23-16-29(17-25(32)30(23)24)27(33)22-9-4-14-28-15-22/h4,9-15,19,23-24,26,31H,1-2,5-7,16-18H2/t23-,24-,26-/m0/s1. The van der Waals surface area contributed by atoms with E-state index < -0.39 is 0 Å². The van der Waals surface area contributed by atoms with Crippen molar-refractivity contribution in [3.8, 4) is 11.8 Å². The fourth-order valence-electron chi connectivity index (χ4n) is 5.63. The molecule has 1 saturated carbocycles. The lowest BCUT2D eigenvalue weighted by Gasteiger charge is -2.58. The SMILES string of the molecule is O=C(c1cccnc1)N1CC(=O)N2[C@@H](CO)[C@@H](c3ccc(C#CCC4CCCC4)cc3)[C@@H]2C1. The van der Waals surface area contributed by atoms with Gasteiger partial charge in [0.05, 0.1) is 24.3 Å². The number of nitrogens with zero attached hydrogens (tertiary/aromatic N) is 3. The Labute approximate surface area is 194 Å². The second-order valence-corrected chi connectivity index (χ2v) is 9.35. The van der Waals surface area contributed by atoms with Crippen LogP contribution in [0.3, 0.4) is 0 Å². The van der Waals surface area contributed by atoms with Crippen LogP contribution in [0, 0.1) is 17.8 Å². The van der Waals surface area contributed by atoms with Gasteiger partial charge in [-0.05, 0) is 48.6 Å². The van der Waals surface area contributed by atoms with E-state index in [0.29, 0.717) is 12.1 Å². The molecule has 6 heteroatoms. The number of carbonyl (C=O) groups is 2. The number of aliphatic hydroxyl groups excluding tert-OH is 1. The van der Waals surface area contributed by atoms with Crippen molar-refractivity contribution in [2.75, 3.05) is 19.7 Å². The number of pyridine rings is 1. The number of piperazine rings is 1. The van der Waals surface area contributed by atoms with Gasteiger partial charge in [0.25, 0.3) is 5.91 Å². The van der Waals surface area contributed by atoms with Gasteiger partial charge in [0, 0.05) is 36.8 Å². The molecular formula is C27H29N3O3. The predicted molar refractivity (Wildman–Crippen MR) is 124 cm³/mol. The molecule has 33 heavy (non-hydrogen) atoms. The quantitative estimate of drug-likeness (QED) is 0.738. The smallest absolute Gasteiger partial charge is 0.255 e. The summed E-state index contributed by atoms with van der Waals surface area (Å²) >= 11 is 0. The van der Waals surface area contributed by atoms with Crippen LogP contribution in [0.5, 0.6) is 0 Å². The van der Waals surface area contributed by atoms with Crippen molar-refractivity contribution < 1.29 is 14.7 Å². The van der Waals surface area contributed by atoms with Crippen molar-refractivity contribution >= 4 is 11.8 Å². The summed E-state index contributed by atoms with van der Waals surface area (Å²) in [5.41, 5.74) is 2.54. The first kappa shape index (κ1) is 21.7. The van der Waals surface area contributed by atoms with Crippen LogP contribution in [-0.2, 0) is 4.79 Å². The van der Waals surface area contributed by atoms with Gasteiger partial charge in [-0.15, -0.1) is 0 Å². The number of fused-ring (bicyclic) bond motifs is 1.